The molecular weight excluding hydrogens is 598 g/mol. The van der Waals surface area contributed by atoms with Gasteiger partial charge in [0.25, 0.3) is 5.91 Å². The number of H-pyrrole nitrogens is 3. The number of aromatic nitrogens is 8. The van der Waals surface area contributed by atoms with Crippen molar-refractivity contribution in [2.75, 3.05) is 16.0 Å². The van der Waals surface area contributed by atoms with Crippen molar-refractivity contribution in [2.45, 2.75) is 0 Å². The number of pyridine rings is 2. The highest BCUT2D eigenvalue weighted by molar-refractivity contribution is 6.06. The Morgan fingerprint density at radius 3 is 1.87 bits per heavy atom. The number of hydrogen-bond donors (Lipinski definition) is 7. The van der Waals surface area contributed by atoms with Gasteiger partial charge in [0, 0.05) is 29.0 Å². The van der Waals surface area contributed by atoms with Crippen LogP contribution in [0.4, 0.5) is 29.2 Å². The second kappa shape index (κ2) is 12.5. The lowest BCUT2D eigenvalue weighted by Crippen LogP contribution is -2.11. The first-order valence-electron chi connectivity index (χ1n) is 14.3. The van der Waals surface area contributed by atoms with Gasteiger partial charge in [-0.2, -0.15) is 5.10 Å². The van der Waals surface area contributed by atoms with Crippen LogP contribution in [-0.4, -0.2) is 57.1 Å². The van der Waals surface area contributed by atoms with Crippen LogP contribution in [0.25, 0.3) is 33.0 Å². The molecule has 0 fully saturated rings. The van der Waals surface area contributed by atoms with Gasteiger partial charge in [-0.05, 0) is 78.9 Å². The number of carboxylic acids is 1. The van der Waals surface area contributed by atoms with Gasteiger partial charge in [0.1, 0.15) is 11.6 Å². The lowest BCUT2D eigenvalue weighted by atomic mass is 10.1. The zero-order valence-electron chi connectivity index (χ0n) is 24.4. The molecule has 0 saturated heterocycles. The average Bonchev–Trinajstić information content (AvgIpc) is 3.82. The molecule has 7 N–H and O–H groups in total. The maximum Gasteiger partial charge on any atom is 0.335 e. The zero-order chi connectivity index (χ0) is 32.2. The Kier molecular flexibility index (Phi) is 7.62. The standard InChI is InChI=1S/C20H15N7O.C13H10N4O2/c28-19(23-14-5-7-15-13(9-14)11-22-27-15)12-4-6-16-17(10-12)25-20(24-16)26-18-3-1-2-8-21-18;18-12(19)8-4-5-9-10(7-8)16-13(15-9)17-11-3-1-2-6-14-11/h1-11H,(H,22,27)(H,23,28)(H2,21,24,25,26);1-7H,(H,18,19)(H2,14,15,16,17). The molecular formula is C33H25N11O3. The molecule has 3 aromatic carbocycles. The SMILES string of the molecule is O=C(Nc1ccc2[nH]ncc2c1)c1ccc2nc(Nc3ccccn3)[nH]c2c1.O=C(O)c1ccc2nc(Nc3ccccn3)[nH]c2c1. The summed E-state index contributed by atoms with van der Waals surface area (Å²) in [5.41, 5.74) is 5.27. The average molecular weight is 624 g/mol. The highest BCUT2D eigenvalue weighted by atomic mass is 16.4. The molecule has 0 unspecified atom stereocenters. The number of benzene rings is 3. The normalized spacial score (nSPS) is 10.8. The van der Waals surface area contributed by atoms with Crippen LogP contribution in [0.1, 0.15) is 20.7 Å². The van der Waals surface area contributed by atoms with Gasteiger partial charge in [-0.3, -0.25) is 9.89 Å². The summed E-state index contributed by atoms with van der Waals surface area (Å²) in [6.45, 7) is 0. The predicted octanol–water partition coefficient (Wildman–Crippen LogP) is 6.23. The van der Waals surface area contributed by atoms with Gasteiger partial charge >= 0.3 is 5.97 Å². The first-order valence-corrected chi connectivity index (χ1v) is 14.3. The number of hydrogen-bond acceptors (Lipinski definition) is 9. The van der Waals surface area contributed by atoms with Gasteiger partial charge in [-0.1, -0.05) is 12.1 Å². The minimum Gasteiger partial charge on any atom is -0.478 e. The summed E-state index contributed by atoms with van der Waals surface area (Å²) < 4.78 is 0. The lowest BCUT2D eigenvalue weighted by Gasteiger charge is -2.05. The summed E-state index contributed by atoms with van der Waals surface area (Å²) in [7, 11) is 0. The maximum atomic E-state index is 12.6. The molecule has 0 aliphatic rings. The van der Waals surface area contributed by atoms with E-state index in [0.717, 1.165) is 21.9 Å². The molecule has 47 heavy (non-hydrogen) atoms. The number of aromatic amines is 3. The number of fused-ring (bicyclic) bond motifs is 3. The summed E-state index contributed by atoms with van der Waals surface area (Å²) in [6.07, 6.45) is 5.10. The number of carbonyl (C=O) groups is 2. The quantitative estimate of drug-likeness (QED) is 0.107. The largest absolute Gasteiger partial charge is 0.478 e. The summed E-state index contributed by atoms with van der Waals surface area (Å²) >= 11 is 0. The van der Waals surface area contributed by atoms with Crippen LogP contribution in [0.3, 0.4) is 0 Å². The van der Waals surface area contributed by atoms with Crippen LogP contribution >= 0.6 is 0 Å². The molecule has 1 amide bonds. The van der Waals surface area contributed by atoms with Crippen LogP contribution < -0.4 is 16.0 Å². The van der Waals surface area contributed by atoms with E-state index in [9.17, 15) is 9.59 Å². The molecule has 5 aromatic heterocycles. The Bertz CT molecular complexity index is 2350. The Morgan fingerprint density at radius 2 is 1.28 bits per heavy atom. The van der Waals surface area contributed by atoms with Gasteiger partial charge < -0.3 is 31.0 Å². The smallest absolute Gasteiger partial charge is 0.335 e. The fourth-order valence-corrected chi connectivity index (χ4v) is 4.75. The fraction of sp³-hybridized carbons (Fsp3) is 0. The third-order valence-corrected chi connectivity index (χ3v) is 6.99. The van der Waals surface area contributed by atoms with Crippen LogP contribution in [0, 0.1) is 0 Å². The van der Waals surface area contributed by atoms with E-state index in [1.165, 1.54) is 6.07 Å². The molecule has 0 bridgehead atoms. The highest BCUT2D eigenvalue weighted by Gasteiger charge is 2.11. The van der Waals surface area contributed by atoms with Gasteiger partial charge in [0.15, 0.2) is 0 Å². The van der Waals surface area contributed by atoms with Gasteiger partial charge in [-0.15, -0.1) is 0 Å². The number of carboxylic acid groups (broad SMARTS) is 1. The first-order chi connectivity index (χ1) is 23.0. The molecule has 0 aliphatic carbocycles. The molecule has 0 saturated carbocycles. The second-order valence-corrected chi connectivity index (χ2v) is 10.2. The van der Waals surface area contributed by atoms with E-state index < -0.39 is 5.97 Å². The summed E-state index contributed by atoms with van der Waals surface area (Å²) in [4.78, 5) is 46.8. The minimum atomic E-state index is -0.962. The van der Waals surface area contributed by atoms with Crippen molar-refractivity contribution in [1.29, 1.82) is 0 Å². The summed E-state index contributed by atoms with van der Waals surface area (Å²) in [5.74, 6) is 1.29. The molecule has 5 heterocycles. The van der Waals surface area contributed by atoms with Crippen LogP contribution in [0.5, 0.6) is 0 Å². The molecule has 0 spiro atoms. The van der Waals surface area contributed by atoms with Gasteiger partial charge in [-0.25, -0.2) is 24.7 Å². The Balaban J connectivity index is 0.000000161. The van der Waals surface area contributed by atoms with Crippen molar-refractivity contribution in [1.82, 2.24) is 40.1 Å². The Hall–Kier alpha value is -7.09. The van der Waals surface area contributed by atoms with Crippen molar-refractivity contribution in [3.8, 4) is 0 Å². The van der Waals surface area contributed by atoms with E-state index in [4.69, 9.17) is 5.11 Å². The van der Waals surface area contributed by atoms with E-state index in [-0.39, 0.29) is 11.5 Å². The number of nitrogens with one attached hydrogen (secondary N) is 6. The third-order valence-electron chi connectivity index (χ3n) is 6.99. The van der Waals surface area contributed by atoms with Crippen LogP contribution in [0.2, 0.25) is 0 Å². The van der Waals surface area contributed by atoms with Gasteiger partial charge in [0.05, 0.1) is 39.3 Å². The minimum absolute atomic E-state index is 0.196. The van der Waals surface area contributed by atoms with Gasteiger partial charge in [0.2, 0.25) is 11.9 Å². The third kappa shape index (κ3) is 6.56. The van der Waals surface area contributed by atoms with E-state index in [1.807, 2.05) is 60.7 Å². The second-order valence-electron chi connectivity index (χ2n) is 10.2. The highest BCUT2D eigenvalue weighted by Crippen LogP contribution is 2.21. The fourth-order valence-electron chi connectivity index (χ4n) is 4.75. The molecule has 0 radical (unpaired) electrons. The number of nitrogens with zero attached hydrogens (tertiary/aromatic N) is 5. The summed E-state index contributed by atoms with van der Waals surface area (Å²) in [5, 5.41) is 25.8. The first kappa shape index (κ1) is 28.7. The molecule has 8 aromatic rings. The Labute approximate surface area is 265 Å². The maximum absolute atomic E-state index is 12.6. The number of carbonyl (C=O) groups excluding carboxylic acids is 1. The van der Waals surface area contributed by atoms with E-state index in [2.05, 4.69) is 56.1 Å². The van der Waals surface area contributed by atoms with Crippen molar-refractivity contribution in [3.63, 3.8) is 0 Å². The van der Waals surface area contributed by atoms with Crippen molar-refractivity contribution < 1.29 is 14.7 Å². The van der Waals surface area contributed by atoms with E-state index >= 15 is 0 Å². The molecule has 14 nitrogen and oxygen atoms in total. The summed E-state index contributed by atoms with van der Waals surface area (Å²) in [6, 6.07) is 26.8. The number of anilines is 5. The molecule has 14 heteroatoms. The predicted molar refractivity (Wildman–Crippen MR) is 178 cm³/mol. The number of imidazole rings is 2. The monoisotopic (exact) mass is 623 g/mol. The van der Waals surface area contributed by atoms with Crippen molar-refractivity contribution >= 4 is 74.1 Å². The Morgan fingerprint density at radius 1 is 0.660 bits per heavy atom. The number of amides is 1. The van der Waals surface area contributed by atoms with Crippen molar-refractivity contribution in [2.24, 2.45) is 0 Å². The van der Waals surface area contributed by atoms with E-state index in [0.29, 0.717) is 45.8 Å². The lowest BCUT2D eigenvalue weighted by molar-refractivity contribution is 0.0696. The molecule has 0 atom stereocenters. The van der Waals surface area contributed by atoms with Crippen LogP contribution in [0.15, 0.2) is 110 Å². The number of aromatic carboxylic acids is 1. The number of rotatable bonds is 7. The van der Waals surface area contributed by atoms with Crippen LogP contribution in [-0.2, 0) is 0 Å². The van der Waals surface area contributed by atoms with E-state index in [1.54, 1.807) is 42.9 Å². The molecule has 230 valence electrons. The molecule has 0 aliphatic heterocycles. The topological polar surface area (TPSA) is 202 Å². The zero-order valence-corrected chi connectivity index (χ0v) is 24.4. The molecule has 8 rings (SSSR count). The van der Waals surface area contributed by atoms with Crippen molar-refractivity contribution in [3.05, 3.63) is 121 Å².